The van der Waals surface area contributed by atoms with Crippen molar-refractivity contribution in [3.63, 3.8) is 0 Å². The Bertz CT molecular complexity index is 928. The Labute approximate surface area is 153 Å². The van der Waals surface area contributed by atoms with Crippen LogP contribution < -0.4 is 5.32 Å². The van der Waals surface area contributed by atoms with Gasteiger partial charge in [-0.1, -0.05) is 48.3 Å². The maximum absolute atomic E-state index is 12.4. The van der Waals surface area contributed by atoms with Gasteiger partial charge in [0.05, 0.1) is 10.6 Å². The molecule has 6 heteroatoms. The number of amides is 1. The number of nitrogens with one attached hydrogen (secondary N) is 1. The molecule has 24 heavy (non-hydrogen) atoms. The van der Waals surface area contributed by atoms with Gasteiger partial charge in [-0.2, -0.15) is 0 Å². The number of hydrogen-bond acceptors (Lipinski definition) is 3. The molecule has 0 unspecified atom stereocenters. The van der Waals surface area contributed by atoms with Gasteiger partial charge in [0.25, 0.3) is 5.91 Å². The molecule has 1 N–H and O–H groups in total. The lowest BCUT2D eigenvalue weighted by Crippen LogP contribution is -2.12. The molecule has 124 valence electrons. The Balaban J connectivity index is 1.88. The molecule has 0 saturated heterocycles. The van der Waals surface area contributed by atoms with E-state index < -0.39 is 0 Å². The summed E-state index contributed by atoms with van der Waals surface area (Å²) < 4.78 is 6.58. The monoisotopic (exact) mass is 406 g/mol. The molecule has 1 heterocycles. The first kappa shape index (κ1) is 17.0. The fraction of sp³-hybridized carbons (Fsp3) is 0.222. The van der Waals surface area contributed by atoms with E-state index in [1.54, 1.807) is 36.4 Å². The summed E-state index contributed by atoms with van der Waals surface area (Å²) in [4.78, 5) is 16.9. The fourth-order valence-corrected chi connectivity index (χ4v) is 2.96. The first-order chi connectivity index (χ1) is 11.2. The van der Waals surface area contributed by atoms with E-state index in [1.165, 1.54) is 0 Å². The maximum atomic E-state index is 12.4. The molecule has 0 atom stereocenters. The first-order valence-corrected chi connectivity index (χ1v) is 8.58. The molecule has 3 aromatic rings. The molecule has 3 rings (SSSR count). The van der Waals surface area contributed by atoms with Gasteiger partial charge in [-0.05, 0) is 36.4 Å². The van der Waals surface area contributed by atoms with Gasteiger partial charge in [0.2, 0.25) is 5.89 Å². The summed E-state index contributed by atoms with van der Waals surface area (Å²) in [5.41, 5.74) is 2.28. The molecular formula is C18H16BrClN2O2. The molecule has 0 saturated carbocycles. The number of carbonyl (C=O) groups excluding carboxylic acids is 1. The average molecular weight is 408 g/mol. The summed E-state index contributed by atoms with van der Waals surface area (Å²) in [7, 11) is 0. The first-order valence-electron chi connectivity index (χ1n) is 7.41. The molecule has 1 amide bonds. The van der Waals surface area contributed by atoms with Crippen LogP contribution in [0.4, 0.5) is 5.69 Å². The van der Waals surface area contributed by atoms with Crippen molar-refractivity contribution in [2.45, 2.75) is 26.2 Å². The van der Waals surface area contributed by atoms with Crippen molar-refractivity contribution in [2.24, 2.45) is 0 Å². The van der Waals surface area contributed by atoms with E-state index >= 15 is 0 Å². The van der Waals surface area contributed by atoms with E-state index in [-0.39, 0.29) is 11.3 Å². The number of anilines is 1. The molecule has 0 fully saturated rings. The van der Waals surface area contributed by atoms with Gasteiger partial charge in [0.1, 0.15) is 5.52 Å². The zero-order valence-electron chi connectivity index (χ0n) is 13.5. The molecular weight excluding hydrogens is 392 g/mol. The summed E-state index contributed by atoms with van der Waals surface area (Å²) in [6, 6.07) is 10.5. The van der Waals surface area contributed by atoms with E-state index in [0.29, 0.717) is 33.3 Å². The predicted molar refractivity (Wildman–Crippen MR) is 99.8 cm³/mol. The molecule has 4 nitrogen and oxygen atoms in total. The Morgan fingerprint density at radius 3 is 2.62 bits per heavy atom. The third-order valence-corrected chi connectivity index (χ3v) is 4.27. The highest BCUT2D eigenvalue weighted by atomic mass is 79.9. The van der Waals surface area contributed by atoms with Crippen molar-refractivity contribution in [2.75, 3.05) is 5.32 Å². The maximum Gasteiger partial charge on any atom is 0.257 e. The molecule has 0 aliphatic heterocycles. The van der Waals surface area contributed by atoms with Gasteiger partial charge in [0, 0.05) is 15.6 Å². The van der Waals surface area contributed by atoms with Crippen LogP contribution in [0, 0.1) is 0 Å². The molecule has 0 aliphatic rings. The second kappa shape index (κ2) is 6.22. The lowest BCUT2D eigenvalue weighted by molar-refractivity contribution is 0.102. The molecule has 0 bridgehead atoms. The lowest BCUT2D eigenvalue weighted by atomic mass is 9.97. The van der Waals surface area contributed by atoms with E-state index in [0.717, 1.165) is 4.47 Å². The lowest BCUT2D eigenvalue weighted by Gasteiger charge is -2.11. The van der Waals surface area contributed by atoms with Crippen LogP contribution >= 0.6 is 27.5 Å². The third kappa shape index (κ3) is 3.47. The highest BCUT2D eigenvalue weighted by molar-refractivity contribution is 9.10. The van der Waals surface area contributed by atoms with Crippen LogP contribution in [-0.2, 0) is 5.41 Å². The molecule has 1 aromatic heterocycles. The topological polar surface area (TPSA) is 55.1 Å². The normalized spacial score (nSPS) is 11.7. The number of benzene rings is 2. The third-order valence-electron chi connectivity index (χ3n) is 3.46. The zero-order chi connectivity index (χ0) is 17.5. The number of fused-ring (bicyclic) bond motifs is 1. The van der Waals surface area contributed by atoms with Crippen LogP contribution in [0.2, 0.25) is 5.02 Å². The van der Waals surface area contributed by atoms with Crippen LogP contribution in [0.15, 0.2) is 45.3 Å². The van der Waals surface area contributed by atoms with Crippen molar-refractivity contribution in [1.82, 2.24) is 4.98 Å². The second-order valence-corrected chi connectivity index (χ2v) is 7.85. The van der Waals surface area contributed by atoms with E-state index in [1.807, 2.05) is 20.8 Å². The standard InChI is InChI=1S/C18H16BrClN2O2/c1-18(2,3)17-22-14-9-11(5-7-15(14)24-17)21-16(23)12-6-4-10(19)8-13(12)20/h4-9H,1-3H3,(H,21,23). The highest BCUT2D eigenvalue weighted by Gasteiger charge is 2.21. The van der Waals surface area contributed by atoms with Gasteiger partial charge < -0.3 is 9.73 Å². The Kier molecular flexibility index (Phi) is 4.40. The number of aromatic nitrogens is 1. The number of hydrogen-bond donors (Lipinski definition) is 1. The quantitative estimate of drug-likeness (QED) is 0.584. The molecule has 0 radical (unpaired) electrons. The summed E-state index contributed by atoms with van der Waals surface area (Å²) in [6.45, 7) is 6.11. The van der Waals surface area contributed by atoms with Gasteiger partial charge in [0.15, 0.2) is 5.58 Å². The minimum Gasteiger partial charge on any atom is -0.440 e. The Hall–Kier alpha value is -1.85. The van der Waals surface area contributed by atoms with Crippen molar-refractivity contribution >= 4 is 50.2 Å². The van der Waals surface area contributed by atoms with Crippen molar-refractivity contribution in [3.05, 3.63) is 57.3 Å². The smallest absolute Gasteiger partial charge is 0.257 e. The predicted octanol–water partition coefficient (Wildman–Crippen LogP) is 5.79. The van der Waals surface area contributed by atoms with Gasteiger partial charge in [-0.15, -0.1) is 0 Å². The van der Waals surface area contributed by atoms with Crippen LogP contribution in [-0.4, -0.2) is 10.9 Å². The number of halogens is 2. The summed E-state index contributed by atoms with van der Waals surface area (Å²) in [6.07, 6.45) is 0. The van der Waals surface area contributed by atoms with E-state index in [4.69, 9.17) is 16.0 Å². The van der Waals surface area contributed by atoms with Crippen LogP contribution in [0.3, 0.4) is 0 Å². The number of nitrogens with zero attached hydrogens (tertiary/aromatic N) is 1. The van der Waals surface area contributed by atoms with Crippen LogP contribution in [0.1, 0.15) is 37.0 Å². The molecule has 0 aliphatic carbocycles. The van der Waals surface area contributed by atoms with Crippen LogP contribution in [0.5, 0.6) is 0 Å². The summed E-state index contributed by atoms with van der Waals surface area (Å²) in [5.74, 6) is 0.392. The van der Waals surface area contributed by atoms with Crippen molar-refractivity contribution in [3.8, 4) is 0 Å². The minimum atomic E-state index is -0.272. The largest absolute Gasteiger partial charge is 0.440 e. The van der Waals surface area contributed by atoms with Crippen LogP contribution in [0.25, 0.3) is 11.1 Å². The molecule has 0 spiro atoms. The summed E-state index contributed by atoms with van der Waals surface area (Å²) >= 11 is 9.44. The van der Waals surface area contributed by atoms with Crippen molar-refractivity contribution < 1.29 is 9.21 Å². The average Bonchev–Trinajstić information content (AvgIpc) is 2.90. The molecule has 2 aromatic carbocycles. The number of carbonyl (C=O) groups is 1. The van der Waals surface area contributed by atoms with Gasteiger partial charge in [-0.25, -0.2) is 4.98 Å². The summed E-state index contributed by atoms with van der Waals surface area (Å²) in [5, 5.41) is 3.23. The Morgan fingerprint density at radius 2 is 1.96 bits per heavy atom. The van der Waals surface area contributed by atoms with Gasteiger partial charge in [-0.3, -0.25) is 4.79 Å². The van der Waals surface area contributed by atoms with Crippen molar-refractivity contribution in [1.29, 1.82) is 0 Å². The highest BCUT2D eigenvalue weighted by Crippen LogP contribution is 2.28. The zero-order valence-corrected chi connectivity index (χ0v) is 15.8. The number of rotatable bonds is 2. The minimum absolute atomic E-state index is 0.173. The van der Waals surface area contributed by atoms with E-state index in [2.05, 4.69) is 26.2 Å². The number of oxazole rings is 1. The SMILES string of the molecule is CC(C)(C)c1nc2cc(NC(=O)c3ccc(Br)cc3Cl)ccc2o1. The fourth-order valence-electron chi connectivity index (χ4n) is 2.20. The Morgan fingerprint density at radius 1 is 1.21 bits per heavy atom. The van der Waals surface area contributed by atoms with E-state index in [9.17, 15) is 4.79 Å². The van der Waals surface area contributed by atoms with Gasteiger partial charge >= 0.3 is 0 Å². The second-order valence-electron chi connectivity index (χ2n) is 6.53.